The zero-order chi connectivity index (χ0) is 23.3. The van der Waals surface area contributed by atoms with Crippen molar-refractivity contribution in [2.45, 2.75) is 77.7 Å². The molecule has 0 saturated carbocycles. The first kappa shape index (κ1) is 25.0. The van der Waals surface area contributed by atoms with E-state index in [4.69, 9.17) is 9.47 Å². The number of unbranched alkanes of at least 4 members (excludes halogenated alkanes) is 2. The number of rotatable bonds is 12. The quantitative estimate of drug-likeness (QED) is 0.255. The zero-order valence-corrected chi connectivity index (χ0v) is 20.2. The molecule has 0 fully saturated rings. The smallest absolute Gasteiger partial charge is 0.410 e. The maximum atomic E-state index is 13.3. The van der Waals surface area contributed by atoms with E-state index in [0.29, 0.717) is 25.7 Å². The second-order valence-electron chi connectivity index (χ2n) is 9.00. The van der Waals surface area contributed by atoms with Crippen LogP contribution in [0.25, 0.3) is 0 Å². The molecule has 1 aliphatic heterocycles. The van der Waals surface area contributed by atoms with Crippen LogP contribution in [0.15, 0.2) is 72.8 Å². The Bertz CT molecular complexity index is 836. The van der Waals surface area contributed by atoms with E-state index >= 15 is 0 Å². The van der Waals surface area contributed by atoms with Crippen LogP contribution in [0.4, 0.5) is 4.79 Å². The third-order valence-corrected chi connectivity index (χ3v) is 6.38. The van der Waals surface area contributed by atoms with Gasteiger partial charge in [0.1, 0.15) is 6.61 Å². The van der Waals surface area contributed by atoms with Gasteiger partial charge in [-0.3, -0.25) is 4.90 Å². The summed E-state index contributed by atoms with van der Waals surface area (Å²) in [6, 6.07) is 20.4. The molecule has 0 saturated heterocycles. The van der Waals surface area contributed by atoms with E-state index < -0.39 is 0 Å². The first-order valence-corrected chi connectivity index (χ1v) is 12.5. The summed E-state index contributed by atoms with van der Waals surface area (Å²) in [7, 11) is 0. The van der Waals surface area contributed by atoms with Crippen molar-refractivity contribution in [1.29, 1.82) is 0 Å². The molecule has 1 aliphatic rings. The Balaban J connectivity index is 1.58. The molecule has 0 aromatic heterocycles. The summed E-state index contributed by atoms with van der Waals surface area (Å²) >= 11 is 0. The van der Waals surface area contributed by atoms with Gasteiger partial charge in [-0.25, -0.2) is 4.79 Å². The van der Waals surface area contributed by atoms with Crippen LogP contribution in [0.3, 0.4) is 0 Å². The number of hydrogen-bond acceptors (Lipinski definition) is 3. The van der Waals surface area contributed by atoms with Crippen molar-refractivity contribution in [2.75, 3.05) is 6.61 Å². The van der Waals surface area contributed by atoms with Crippen molar-refractivity contribution in [3.8, 4) is 0 Å². The van der Waals surface area contributed by atoms with Gasteiger partial charge in [-0.2, -0.15) is 0 Å². The molecule has 0 N–H and O–H groups in total. The fourth-order valence-electron chi connectivity index (χ4n) is 4.49. The topological polar surface area (TPSA) is 38.8 Å². The number of amides is 1. The minimum absolute atomic E-state index is 0.103. The monoisotopic (exact) mass is 449 g/mol. The van der Waals surface area contributed by atoms with E-state index in [-0.39, 0.29) is 18.2 Å². The average molecular weight is 450 g/mol. The number of carbonyl (C=O) groups is 1. The zero-order valence-electron chi connectivity index (χ0n) is 20.2. The highest BCUT2D eigenvalue weighted by atomic mass is 16.6. The molecule has 33 heavy (non-hydrogen) atoms. The lowest BCUT2D eigenvalue weighted by Crippen LogP contribution is -2.51. The minimum atomic E-state index is -0.202. The van der Waals surface area contributed by atoms with Crippen LogP contribution >= 0.6 is 0 Å². The summed E-state index contributed by atoms with van der Waals surface area (Å²) in [6.45, 7) is 6.04. The molecule has 3 atom stereocenters. The molecule has 178 valence electrons. The summed E-state index contributed by atoms with van der Waals surface area (Å²) in [5, 5.41) is 0. The molecule has 4 nitrogen and oxygen atoms in total. The van der Waals surface area contributed by atoms with Crippen LogP contribution < -0.4 is 0 Å². The fraction of sp³-hybridized carbons (Fsp3) is 0.483. The third kappa shape index (κ3) is 8.04. The maximum absolute atomic E-state index is 13.3. The minimum Gasteiger partial charge on any atom is -0.445 e. The molecular weight excluding hydrogens is 410 g/mol. The number of carbonyl (C=O) groups excluding carboxylic acids is 1. The lowest BCUT2D eigenvalue weighted by atomic mass is 9.88. The molecular formula is C29H39NO3. The van der Waals surface area contributed by atoms with E-state index in [9.17, 15) is 4.79 Å². The van der Waals surface area contributed by atoms with Gasteiger partial charge in [0.05, 0.1) is 12.6 Å². The van der Waals surface area contributed by atoms with Gasteiger partial charge in [0.2, 0.25) is 0 Å². The summed E-state index contributed by atoms with van der Waals surface area (Å²) in [6.07, 6.45) is 10.6. The van der Waals surface area contributed by atoms with Crippen LogP contribution in [-0.4, -0.2) is 29.7 Å². The van der Waals surface area contributed by atoms with Gasteiger partial charge in [0.25, 0.3) is 0 Å². The first-order chi connectivity index (χ1) is 16.2. The van der Waals surface area contributed by atoms with E-state index in [1.165, 1.54) is 18.4 Å². The lowest BCUT2D eigenvalue weighted by molar-refractivity contribution is 0.0462. The molecule has 0 radical (unpaired) electrons. The van der Waals surface area contributed by atoms with Crippen molar-refractivity contribution in [3.63, 3.8) is 0 Å². The second-order valence-corrected chi connectivity index (χ2v) is 9.00. The van der Waals surface area contributed by atoms with E-state index in [1.807, 2.05) is 53.4 Å². The summed E-state index contributed by atoms with van der Waals surface area (Å²) in [5.74, 6) is 0.297. The first-order valence-electron chi connectivity index (χ1n) is 12.5. The van der Waals surface area contributed by atoms with Gasteiger partial charge in [-0.1, -0.05) is 106 Å². The summed E-state index contributed by atoms with van der Waals surface area (Å²) in [5.41, 5.74) is 2.20. The van der Waals surface area contributed by atoms with Crippen LogP contribution in [-0.2, 0) is 22.7 Å². The Morgan fingerprint density at radius 1 is 0.848 bits per heavy atom. The molecule has 0 spiro atoms. The highest BCUT2D eigenvalue weighted by molar-refractivity contribution is 5.69. The van der Waals surface area contributed by atoms with Gasteiger partial charge < -0.3 is 9.47 Å². The van der Waals surface area contributed by atoms with Crippen LogP contribution in [0.1, 0.15) is 63.5 Å². The molecule has 3 rings (SSSR count). The van der Waals surface area contributed by atoms with Crippen molar-refractivity contribution in [1.82, 2.24) is 4.90 Å². The van der Waals surface area contributed by atoms with Crippen molar-refractivity contribution < 1.29 is 14.3 Å². The van der Waals surface area contributed by atoms with Gasteiger partial charge in [0.15, 0.2) is 0 Å². The number of benzene rings is 2. The Morgan fingerprint density at radius 3 is 2.18 bits per heavy atom. The summed E-state index contributed by atoms with van der Waals surface area (Å²) in [4.78, 5) is 15.3. The largest absolute Gasteiger partial charge is 0.445 e. The standard InChI is InChI=1S/C29H39NO3/c1-3-4-7-17-27-20-19-24(2)28(18-12-21-32-22-25-13-8-5-9-14-25)30(27)29(31)33-23-26-15-10-6-11-16-26/h5-6,8-11,13-16,19-20,24,27-28H,3-4,7,12,17-18,21-23H2,1-2H3/t24-,27+,28-/m0/s1. The lowest BCUT2D eigenvalue weighted by Gasteiger charge is -2.42. The number of hydrogen-bond donors (Lipinski definition) is 0. The van der Waals surface area contributed by atoms with Gasteiger partial charge in [-0.15, -0.1) is 0 Å². The van der Waals surface area contributed by atoms with Gasteiger partial charge >= 0.3 is 6.09 Å². The molecule has 1 heterocycles. The maximum Gasteiger partial charge on any atom is 0.410 e. The van der Waals surface area contributed by atoms with E-state index in [1.54, 1.807) is 0 Å². The Kier molecular flexibility index (Phi) is 10.5. The van der Waals surface area contributed by atoms with Crippen LogP contribution in [0.5, 0.6) is 0 Å². The Hall–Kier alpha value is -2.59. The number of nitrogens with zero attached hydrogens (tertiary/aromatic N) is 1. The predicted molar refractivity (Wildman–Crippen MR) is 134 cm³/mol. The molecule has 0 bridgehead atoms. The second kappa shape index (κ2) is 13.8. The molecule has 0 unspecified atom stereocenters. The normalized spacial score (nSPS) is 20.1. The predicted octanol–water partition coefficient (Wildman–Crippen LogP) is 7.15. The third-order valence-electron chi connectivity index (χ3n) is 6.38. The molecule has 4 heteroatoms. The van der Waals surface area contributed by atoms with Crippen LogP contribution in [0, 0.1) is 5.92 Å². The molecule has 0 aliphatic carbocycles. The van der Waals surface area contributed by atoms with Gasteiger partial charge in [0, 0.05) is 12.6 Å². The number of ether oxygens (including phenoxy) is 2. The van der Waals surface area contributed by atoms with Crippen LogP contribution in [0.2, 0.25) is 0 Å². The van der Waals surface area contributed by atoms with Crippen molar-refractivity contribution >= 4 is 6.09 Å². The Morgan fingerprint density at radius 2 is 1.52 bits per heavy atom. The highest BCUT2D eigenvalue weighted by Crippen LogP contribution is 2.29. The average Bonchev–Trinajstić information content (AvgIpc) is 2.85. The fourth-order valence-corrected chi connectivity index (χ4v) is 4.49. The molecule has 2 aromatic carbocycles. The molecule has 1 amide bonds. The summed E-state index contributed by atoms with van der Waals surface area (Å²) < 4.78 is 11.7. The van der Waals surface area contributed by atoms with E-state index in [2.05, 4.69) is 38.1 Å². The van der Waals surface area contributed by atoms with E-state index in [0.717, 1.165) is 31.2 Å². The SMILES string of the molecule is CCCCC[C@@H]1C=C[C@H](C)[C@H](CCCOCc2ccccc2)N1C(=O)OCc1ccccc1. The van der Waals surface area contributed by atoms with Crippen molar-refractivity contribution in [3.05, 3.63) is 83.9 Å². The van der Waals surface area contributed by atoms with Gasteiger partial charge in [-0.05, 0) is 36.3 Å². The highest BCUT2D eigenvalue weighted by Gasteiger charge is 2.35. The molecule has 2 aromatic rings. The van der Waals surface area contributed by atoms with Crippen molar-refractivity contribution in [2.24, 2.45) is 5.92 Å². The Labute approximate surface area is 199 Å².